The molecule has 3 aromatic rings. The lowest BCUT2D eigenvalue weighted by atomic mass is 9.98. The summed E-state index contributed by atoms with van der Waals surface area (Å²) in [5.74, 6) is 1.01. The molecule has 226 valence electrons. The van der Waals surface area contributed by atoms with E-state index in [0.717, 1.165) is 31.2 Å². The van der Waals surface area contributed by atoms with Crippen molar-refractivity contribution in [2.45, 2.75) is 84.3 Å². The van der Waals surface area contributed by atoms with Gasteiger partial charge in [0.1, 0.15) is 28.7 Å². The van der Waals surface area contributed by atoms with Gasteiger partial charge in [0.05, 0.1) is 11.9 Å². The van der Waals surface area contributed by atoms with Crippen LogP contribution in [0.3, 0.4) is 0 Å². The molecule has 3 heterocycles. The van der Waals surface area contributed by atoms with Gasteiger partial charge in [-0.15, -0.1) is 0 Å². The molecule has 10 nitrogen and oxygen atoms in total. The number of fused-ring (bicyclic) bond motifs is 1. The predicted molar refractivity (Wildman–Crippen MR) is 159 cm³/mol. The molecule has 1 saturated carbocycles. The molecule has 11 heteroatoms. The molecule has 2 amide bonds. The molecule has 1 aliphatic heterocycles. The van der Waals surface area contributed by atoms with Gasteiger partial charge >= 0.3 is 12.2 Å². The van der Waals surface area contributed by atoms with Gasteiger partial charge in [0.15, 0.2) is 5.65 Å². The molecule has 42 heavy (non-hydrogen) atoms. The zero-order valence-electron chi connectivity index (χ0n) is 25.3. The first-order valence-corrected chi connectivity index (χ1v) is 14.7. The Morgan fingerprint density at radius 1 is 1.07 bits per heavy atom. The Morgan fingerprint density at radius 2 is 1.81 bits per heavy atom. The minimum absolute atomic E-state index is 0.186. The maximum Gasteiger partial charge on any atom is 0.420 e. The molecule has 0 radical (unpaired) electrons. The van der Waals surface area contributed by atoms with Crippen LogP contribution < -0.4 is 10.2 Å². The lowest BCUT2D eigenvalue weighted by molar-refractivity contribution is 0.0172. The molecule has 2 aliphatic rings. The normalized spacial score (nSPS) is 17.7. The van der Waals surface area contributed by atoms with E-state index in [0.29, 0.717) is 48.5 Å². The largest absolute Gasteiger partial charge is 0.444 e. The van der Waals surface area contributed by atoms with Crippen LogP contribution in [0.1, 0.15) is 78.7 Å². The number of amides is 2. The van der Waals surface area contributed by atoms with E-state index in [-0.39, 0.29) is 12.0 Å². The number of hydrogen-bond acceptors (Lipinski definition) is 7. The number of likely N-dealkylation sites (tertiary alicyclic amines) is 1. The summed E-state index contributed by atoms with van der Waals surface area (Å²) in [6.45, 7) is 12.8. The average Bonchev–Trinajstić information content (AvgIpc) is 3.64. The lowest BCUT2D eigenvalue weighted by Crippen LogP contribution is -2.44. The highest BCUT2D eigenvalue weighted by Gasteiger charge is 2.32. The minimum atomic E-state index is -0.778. The predicted octanol–water partition coefficient (Wildman–Crippen LogP) is 6.88. The zero-order chi connectivity index (χ0) is 30.2. The van der Waals surface area contributed by atoms with Crippen molar-refractivity contribution >= 4 is 35.2 Å². The quantitative estimate of drug-likeness (QED) is 0.339. The molecule has 5 rings (SSSR count). The fourth-order valence-electron chi connectivity index (χ4n) is 5.12. The van der Waals surface area contributed by atoms with Crippen molar-refractivity contribution in [3.05, 3.63) is 47.9 Å². The first kappa shape index (κ1) is 29.6. The Bertz CT molecular complexity index is 1460. The summed E-state index contributed by atoms with van der Waals surface area (Å²) in [6, 6.07) is 7.57. The SMILES string of the molecule is CC(C)(C)OC(=O)N1CCC[C@H](CNc2cc(N(C(=O)OC(C)(C)C)c3cccc(F)c3)n3ncc(C4CC4)c3n2)C1. The van der Waals surface area contributed by atoms with Crippen molar-refractivity contribution in [3.8, 4) is 0 Å². The van der Waals surface area contributed by atoms with Gasteiger partial charge in [0, 0.05) is 31.3 Å². The summed E-state index contributed by atoms with van der Waals surface area (Å²) in [7, 11) is 0. The summed E-state index contributed by atoms with van der Waals surface area (Å²) >= 11 is 0. The fraction of sp³-hybridized carbons (Fsp3) is 0.548. The van der Waals surface area contributed by atoms with E-state index in [4.69, 9.17) is 14.5 Å². The molecule has 1 aromatic carbocycles. The summed E-state index contributed by atoms with van der Waals surface area (Å²) in [5.41, 5.74) is 0.634. The van der Waals surface area contributed by atoms with Crippen molar-refractivity contribution in [3.63, 3.8) is 0 Å². The van der Waals surface area contributed by atoms with E-state index < -0.39 is 23.1 Å². The number of rotatable bonds is 6. The van der Waals surface area contributed by atoms with Gasteiger partial charge in [-0.2, -0.15) is 9.61 Å². The second kappa shape index (κ2) is 11.4. The van der Waals surface area contributed by atoms with E-state index >= 15 is 0 Å². The number of benzene rings is 1. The molecule has 2 fully saturated rings. The highest BCUT2D eigenvalue weighted by Crippen LogP contribution is 2.43. The number of aromatic nitrogens is 3. The van der Waals surface area contributed by atoms with Crippen LogP contribution in [-0.2, 0) is 9.47 Å². The Morgan fingerprint density at radius 3 is 2.48 bits per heavy atom. The van der Waals surface area contributed by atoms with Crippen LogP contribution in [0.15, 0.2) is 36.5 Å². The summed E-state index contributed by atoms with van der Waals surface area (Å²) in [5, 5.41) is 8.05. The van der Waals surface area contributed by atoms with Crippen LogP contribution in [0.25, 0.3) is 5.65 Å². The van der Waals surface area contributed by atoms with E-state index in [1.165, 1.54) is 17.0 Å². The Kier molecular flexibility index (Phi) is 8.04. The van der Waals surface area contributed by atoms with Crippen LogP contribution in [0.5, 0.6) is 0 Å². The molecule has 1 N–H and O–H groups in total. The summed E-state index contributed by atoms with van der Waals surface area (Å²) < 4.78 is 27.4. The van der Waals surface area contributed by atoms with Crippen molar-refractivity contribution in [1.82, 2.24) is 19.5 Å². The maximum absolute atomic E-state index is 14.4. The van der Waals surface area contributed by atoms with E-state index in [2.05, 4.69) is 10.4 Å². The van der Waals surface area contributed by atoms with Crippen LogP contribution in [0.4, 0.5) is 31.3 Å². The smallest absolute Gasteiger partial charge is 0.420 e. The molecular formula is C31H41FN6O4. The Hall–Kier alpha value is -3.89. The number of nitrogens with one attached hydrogen (secondary N) is 1. The number of halogens is 1. The molecule has 1 aliphatic carbocycles. The summed E-state index contributed by atoms with van der Waals surface area (Å²) in [6.07, 6.45) is 4.78. The van der Waals surface area contributed by atoms with Crippen molar-refractivity contribution in [2.75, 3.05) is 29.9 Å². The monoisotopic (exact) mass is 580 g/mol. The standard InChI is InChI=1S/C31H41FN6O4/c1-30(2,3)41-28(39)36-14-8-9-20(19-36)17-33-25-16-26(38-27(35-25)24(18-34-38)21-12-13-21)37(29(40)42-31(4,5)6)23-11-7-10-22(32)15-23/h7,10-11,15-16,18,20-21H,8-9,12-14,17,19H2,1-6H3,(H,33,35)/t20-/m1/s1. The van der Waals surface area contributed by atoms with E-state index in [9.17, 15) is 14.0 Å². The summed E-state index contributed by atoms with van der Waals surface area (Å²) in [4.78, 5) is 34.3. The lowest BCUT2D eigenvalue weighted by Gasteiger charge is -2.34. The molecule has 0 spiro atoms. The van der Waals surface area contributed by atoms with Crippen LogP contribution >= 0.6 is 0 Å². The number of carbonyl (C=O) groups excluding carboxylic acids is 2. The molecule has 1 saturated heterocycles. The van der Waals surface area contributed by atoms with Gasteiger partial charge in [-0.1, -0.05) is 6.07 Å². The van der Waals surface area contributed by atoms with Gasteiger partial charge in [-0.25, -0.2) is 23.9 Å². The van der Waals surface area contributed by atoms with Crippen LogP contribution in [-0.4, -0.2) is 62.5 Å². The second-order valence-corrected chi connectivity index (χ2v) is 13.2. The number of nitrogens with zero attached hydrogens (tertiary/aromatic N) is 5. The topological polar surface area (TPSA) is 101 Å². The van der Waals surface area contributed by atoms with Gasteiger partial charge in [0.25, 0.3) is 0 Å². The molecule has 0 bridgehead atoms. The third-order valence-corrected chi connectivity index (χ3v) is 7.11. The number of anilines is 3. The Labute approximate surface area is 246 Å². The third-order valence-electron chi connectivity index (χ3n) is 7.11. The fourth-order valence-corrected chi connectivity index (χ4v) is 5.12. The number of ether oxygens (including phenoxy) is 2. The third kappa shape index (κ3) is 7.11. The highest BCUT2D eigenvalue weighted by atomic mass is 19.1. The molecule has 0 unspecified atom stereocenters. The van der Waals surface area contributed by atoms with Crippen LogP contribution in [0.2, 0.25) is 0 Å². The first-order valence-electron chi connectivity index (χ1n) is 14.7. The van der Waals surface area contributed by atoms with Gasteiger partial charge in [-0.3, -0.25) is 0 Å². The minimum Gasteiger partial charge on any atom is -0.444 e. The zero-order valence-corrected chi connectivity index (χ0v) is 25.3. The van der Waals surface area contributed by atoms with Crippen molar-refractivity contribution < 1.29 is 23.5 Å². The van der Waals surface area contributed by atoms with Crippen molar-refractivity contribution in [1.29, 1.82) is 0 Å². The van der Waals surface area contributed by atoms with Gasteiger partial charge in [0.2, 0.25) is 0 Å². The van der Waals surface area contributed by atoms with E-state index in [1.54, 1.807) is 54.6 Å². The van der Waals surface area contributed by atoms with Gasteiger partial charge in [-0.05, 0) is 97.3 Å². The number of carbonyl (C=O) groups is 2. The van der Waals surface area contributed by atoms with Crippen LogP contribution in [0, 0.1) is 11.7 Å². The number of hydrogen-bond donors (Lipinski definition) is 1. The molecular weight excluding hydrogens is 539 g/mol. The van der Waals surface area contributed by atoms with E-state index in [1.807, 2.05) is 20.8 Å². The average molecular weight is 581 g/mol. The van der Waals surface area contributed by atoms with Gasteiger partial charge < -0.3 is 19.7 Å². The highest BCUT2D eigenvalue weighted by molar-refractivity contribution is 5.96. The second-order valence-electron chi connectivity index (χ2n) is 13.2. The first-order chi connectivity index (χ1) is 19.8. The Balaban J connectivity index is 1.47. The molecule has 2 aromatic heterocycles. The number of piperidine rings is 1. The molecule has 1 atom stereocenters. The van der Waals surface area contributed by atoms with Crippen molar-refractivity contribution in [2.24, 2.45) is 5.92 Å². The maximum atomic E-state index is 14.4.